The summed E-state index contributed by atoms with van der Waals surface area (Å²) >= 11 is 0. The first-order chi connectivity index (χ1) is 22.0. The second-order valence-corrected chi connectivity index (χ2v) is 19.1. The summed E-state index contributed by atoms with van der Waals surface area (Å²) in [6.07, 6.45) is 9.97. The van der Waals surface area contributed by atoms with Crippen molar-refractivity contribution < 1.29 is 19.1 Å². The normalized spacial score (nSPS) is 25.0. The number of ketones is 2. The van der Waals surface area contributed by atoms with Gasteiger partial charge in [-0.3, -0.25) is 9.59 Å². The fourth-order valence-electron chi connectivity index (χ4n) is 7.88. The van der Waals surface area contributed by atoms with Crippen LogP contribution in [0, 0.1) is 10.8 Å². The van der Waals surface area contributed by atoms with Gasteiger partial charge in [-0.15, -0.1) is 0 Å². The van der Waals surface area contributed by atoms with Gasteiger partial charge in [-0.25, -0.2) is 0 Å². The van der Waals surface area contributed by atoms with E-state index in [1.54, 1.807) is 0 Å². The van der Waals surface area contributed by atoms with Crippen molar-refractivity contribution in [3.8, 4) is 11.5 Å². The van der Waals surface area contributed by atoms with Gasteiger partial charge in [0.15, 0.2) is 11.2 Å². The summed E-state index contributed by atoms with van der Waals surface area (Å²) in [6, 6.07) is 9.05. The zero-order valence-corrected chi connectivity index (χ0v) is 31.1. The monoisotopic (exact) mass is 644 g/mol. The maximum absolute atomic E-state index is 14.8. The Morgan fingerprint density at radius 3 is 1.19 bits per heavy atom. The maximum Gasteiger partial charge on any atom is 0.207 e. The average molecular weight is 645 g/mol. The second-order valence-electron chi connectivity index (χ2n) is 19.1. The van der Waals surface area contributed by atoms with Gasteiger partial charge in [-0.05, 0) is 78.3 Å². The molecule has 2 aliphatic carbocycles. The van der Waals surface area contributed by atoms with E-state index in [0.717, 1.165) is 44.9 Å². The minimum absolute atomic E-state index is 0.0507. The molecule has 4 nitrogen and oxygen atoms in total. The third-order valence-corrected chi connectivity index (χ3v) is 11.0. The summed E-state index contributed by atoms with van der Waals surface area (Å²) in [6.45, 7) is 26.5. The molecule has 4 heteroatoms. The Labute approximate surface area is 287 Å². The highest BCUT2D eigenvalue weighted by Crippen LogP contribution is 2.51. The van der Waals surface area contributed by atoms with Crippen LogP contribution < -0.4 is 9.47 Å². The molecule has 0 amide bonds. The summed E-state index contributed by atoms with van der Waals surface area (Å²) in [7, 11) is 0. The van der Waals surface area contributed by atoms with Gasteiger partial charge in [0.1, 0.15) is 11.5 Å². The number of carbonyl (C=O) groups is 2. The lowest BCUT2D eigenvalue weighted by Crippen LogP contribution is -2.47. The second kappa shape index (κ2) is 9.96. The van der Waals surface area contributed by atoms with E-state index in [9.17, 15) is 9.59 Å². The molecule has 2 aromatic carbocycles. The highest BCUT2D eigenvalue weighted by Gasteiger charge is 2.53. The van der Waals surface area contributed by atoms with Gasteiger partial charge in [0.25, 0.3) is 0 Å². The van der Waals surface area contributed by atoms with Crippen LogP contribution in [0.5, 0.6) is 11.5 Å². The predicted octanol–water partition coefficient (Wildman–Crippen LogP) is 9.59. The van der Waals surface area contributed by atoms with Gasteiger partial charge in [0.05, 0.1) is 0 Å². The van der Waals surface area contributed by atoms with E-state index < -0.39 is 11.2 Å². The molecule has 5 aliphatic rings. The Morgan fingerprint density at radius 2 is 0.854 bits per heavy atom. The van der Waals surface area contributed by atoms with Crippen molar-refractivity contribution in [3.63, 3.8) is 0 Å². The lowest BCUT2D eigenvalue weighted by atomic mass is 9.71. The van der Waals surface area contributed by atoms with Crippen LogP contribution in [-0.2, 0) is 39.7 Å². The van der Waals surface area contributed by atoms with Gasteiger partial charge in [-0.2, -0.15) is 0 Å². The number of carbonyl (C=O) groups excluding carboxylic acids is 2. The first-order valence-corrected chi connectivity index (χ1v) is 17.7. The Morgan fingerprint density at radius 1 is 0.500 bits per heavy atom. The van der Waals surface area contributed by atoms with Gasteiger partial charge in [-0.1, -0.05) is 120 Å². The van der Waals surface area contributed by atoms with E-state index in [0.29, 0.717) is 30.4 Å². The summed E-state index contributed by atoms with van der Waals surface area (Å²) in [5.41, 5.74) is 7.09. The van der Waals surface area contributed by atoms with Crippen LogP contribution in [0.15, 0.2) is 70.9 Å². The molecule has 3 heterocycles. The molecule has 0 saturated carbocycles. The number of hydrogen-bond donors (Lipinski definition) is 0. The molecule has 0 N–H and O–H groups in total. The van der Waals surface area contributed by atoms with Crippen LogP contribution in [0.2, 0.25) is 0 Å². The summed E-state index contributed by atoms with van der Waals surface area (Å²) < 4.78 is 14.1. The molecule has 3 aliphatic heterocycles. The van der Waals surface area contributed by atoms with Crippen LogP contribution >= 0.6 is 0 Å². The molecule has 2 unspecified atom stereocenters. The number of ether oxygens (including phenoxy) is 2. The zero-order valence-electron chi connectivity index (χ0n) is 31.1. The number of rotatable bonds is 0. The maximum atomic E-state index is 14.8. The van der Waals surface area contributed by atoms with Crippen molar-refractivity contribution in [2.24, 2.45) is 10.8 Å². The minimum atomic E-state index is -1.15. The van der Waals surface area contributed by atoms with Crippen molar-refractivity contribution in [1.82, 2.24) is 0 Å². The molecule has 2 aromatic rings. The van der Waals surface area contributed by atoms with Crippen molar-refractivity contribution >= 4 is 11.6 Å². The number of fused-ring (bicyclic) bond motifs is 2. The lowest BCUT2D eigenvalue weighted by Gasteiger charge is -2.36. The number of Topliss-reactive ketones (excluding diaryl/α,β-unsaturated/α-hetero) is 2. The molecular weight excluding hydrogens is 592 g/mol. The van der Waals surface area contributed by atoms with Crippen LogP contribution in [0.25, 0.3) is 0 Å². The highest BCUT2D eigenvalue weighted by atomic mass is 16.5. The van der Waals surface area contributed by atoms with Crippen molar-refractivity contribution in [3.05, 3.63) is 104 Å². The van der Waals surface area contributed by atoms with Crippen LogP contribution in [-0.4, -0.2) is 22.8 Å². The van der Waals surface area contributed by atoms with Gasteiger partial charge in [0, 0.05) is 36.8 Å². The first-order valence-electron chi connectivity index (χ1n) is 17.7. The van der Waals surface area contributed by atoms with E-state index >= 15 is 0 Å². The smallest absolute Gasteiger partial charge is 0.207 e. The average Bonchev–Trinajstić information content (AvgIpc) is 3.50. The molecule has 0 fully saturated rings. The van der Waals surface area contributed by atoms with Gasteiger partial charge < -0.3 is 9.47 Å². The van der Waals surface area contributed by atoms with Crippen LogP contribution in [0.3, 0.4) is 0 Å². The van der Waals surface area contributed by atoms with Gasteiger partial charge >= 0.3 is 0 Å². The lowest BCUT2D eigenvalue weighted by molar-refractivity contribution is -0.126. The Balaban J connectivity index is 1.54. The largest absolute Gasteiger partial charge is 0.474 e. The Kier molecular flexibility index (Phi) is 6.82. The summed E-state index contributed by atoms with van der Waals surface area (Å²) in [5.74, 6) is 1.52. The van der Waals surface area contributed by atoms with Crippen LogP contribution in [0.1, 0.15) is 123 Å². The Hall–Kier alpha value is -3.66. The molecule has 0 saturated heterocycles. The first kappa shape index (κ1) is 32.9. The number of allylic oxidation sites excluding steroid dienone is 4. The fourth-order valence-corrected chi connectivity index (χ4v) is 7.88. The third kappa shape index (κ3) is 5.17. The van der Waals surface area contributed by atoms with Crippen LogP contribution in [0.4, 0.5) is 0 Å². The topological polar surface area (TPSA) is 52.6 Å². The molecule has 252 valence electrons. The number of benzene rings is 2. The predicted molar refractivity (Wildman–Crippen MR) is 193 cm³/mol. The summed E-state index contributed by atoms with van der Waals surface area (Å²) in [5, 5.41) is 0. The SMILES string of the molecule is CC(C)(C)C1=CC23Cc4cc(C(C)(C)C)cc(c4O2)Cc2cc(C(C)(C)C)cc4c2OC2(C=C(C(C)(C)C)C=C(CC(=C1)C3=O)C2=O)C4. The zero-order chi connectivity index (χ0) is 35.0. The number of hydrogen-bond acceptors (Lipinski definition) is 4. The quantitative estimate of drug-likeness (QED) is 0.287. The van der Waals surface area contributed by atoms with E-state index in [2.05, 4.69) is 120 Å². The molecule has 6 bridgehead atoms. The standard InChI is InChI=1S/C44H52O4/c1-39(2,3)31-15-25-13-26-16-32(40(4,5)6)20-30-22-44(48-36(26)30)24-34(42(10,11)12)18-28(38(44)46)14-27-17-33(41(7,8)9)23-43(37(27)45)21-29(19-31)35(25)47-43/h15-20,23-24H,13-14,21-22H2,1-12H3. The molecule has 2 spiro atoms. The molecule has 2 atom stereocenters. The van der Waals surface area contributed by atoms with E-state index in [1.165, 1.54) is 11.1 Å². The van der Waals surface area contributed by atoms with Crippen molar-refractivity contribution in [1.29, 1.82) is 0 Å². The van der Waals surface area contributed by atoms with Crippen molar-refractivity contribution in [2.45, 2.75) is 131 Å². The molecule has 0 radical (unpaired) electrons. The minimum Gasteiger partial charge on any atom is -0.474 e. The fraction of sp³-hybridized carbons (Fsp3) is 0.500. The van der Waals surface area contributed by atoms with E-state index in [-0.39, 0.29) is 39.6 Å². The molecule has 7 rings (SSSR count). The highest BCUT2D eigenvalue weighted by molar-refractivity contribution is 6.11. The third-order valence-electron chi connectivity index (χ3n) is 11.0. The summed E-state index contributed by atoms with van der Waals surface area (Å²) in [4.78, 5) is 29.7. The van der Waals surface area contributed by atoms with E-state index in [4.69, 9.17) is 9.47 Å². The van der Waals surface area contributed by atoms with Gasteiger partial charge in [0.2, 0.25) is 11.6 Å². The molecular formula is C44H52O4. The van der Waals surface area contributed by atoms with Crippen molar-refractivity contribution in [2.75, 3.05) is 0 Å². The molecule has 48 heavy (non-hydrogen) atoms. The molecule has 0 aromatic heterocycles. The van der Waals surface area contributed by atoms with E-state index in [1.807, 2.05) is 12.2 Å². The Bertz CT molecular complexity index is 1790.